The van der Waals surface area contributed by atoms with Crippen molar-refractivity contribution in [1.82, 2.24) is 0 Å². The van der Waals surface area contributed by atoms with Gasteiger partial charge in [-0.25, -0.2) is 0 Å². The summed E-state index contributed by atoms with van der Waals surface area (Å²) in [6.45, 7) is 0. The van der Waals surface area contributed by atoms with Crippen LogP contribution in [-0.2, 0) is 0 Å². The van der Waals surface area contributed by atoms with Crippen molar-refractivity contribution in [3.63, 3.8) is 0 Å². The van der Waals surface area contributed by atoms with E-state index in [1.807, 2.05) is 0 Å². The number of hydrogen-bond acceptors (Lipinski definition) is 4. The molecule has 1 aromatic rings. The Balaban J connectivity index is 2.79. The largest absolute Gasteiger partial charge is 0.504 e. The van der Waals surface area contributed by atoms with Gasteiger partial charge in [0, 0.05) is 5.56 Å². The van der Waals surface area contributed by atoms with E-state index in [1.54, 1.807) is 0 Å². The topological polar surface area (TPSA) is 74.6 Å². The van der Waals surface area contributed by atoms with Crippen LogP contribution in [-0.4, -0.2) is 21.8 Å². The van der Waals surface area contributed by atoms with Crippen molar-refractivity contribution in [2.45, 2.75) is 0 Å². The second-order valence-electron chi connectivity index (χ2n) is 2.92. The number of allylic oxidation sites excluding steroid dienone is 2. The smallest absolute Gasteiger partial charge is 0.190 e. The summed E-state index contributed by atoms with van der Waals surface area (Å²) in [6, 6.07) is 2.49. The average molecular weight is 190 g/mol. The van der Waals surface area contributed by atoms with Crippen LogP contribution in [0.25, 0.3) is 0 Å². The summed E-state index contributed by atoms with van der Waals surface area (Å²) in [5, 5.41) is 18.5. The van der Waals surface area contributed by atoms with Crippen LogP contribution in [0, 0.1) is 0 Å². The first-order valence-electron chi connectivity index (χ1n) is 3.93. The lowest BCUT2D eigenvalue weighted by Gasteiger charge is -2.10. The minimum absolute atomic E-state index is 0.118. The second kappa shape index (κ2) is 2.70. The van der Waals surface area contributed by atoms with Gasteiger partial charge in [0.05, 0.1) is 5.56 Å². The molecule has 2 rings (SSSR count). The maximum Gasteiger partial charge on any atom is 0.190 e. The third kappa shape index (κ3) is 1.01. The van der Waals surface area contributed by atoms with Gasteiger partial charge in [-0.15, -0.1) is 0 Å². The third-order valence-corrected chi connectivity index (χ3v) is 2.05. The van der Waals surface area contributed by atoms with E-state index >= 15 is 0 Å². The number of carbonyl (C=O) groups excluding carboxylic acids is 2. The fourth-order valence-electron chi connectivity index (χ4n) is 1.36. The van der Waals surface area contributed by atoms with Gasteiger partial charge in [-0.2, -0.15) is 0 Å². The minimum atomic E-state index is -0.537. The second-order valence-corrected chi connectivity index (χ2v) is 2.92. The van der Waals surface area contributed by atoms with E-state index in [0.717, 1.165) is 12.2 Å². The molecule has 4 nitrogen and oxygen atoms in total. The maximum absolute atomic E-state index is 11.3. The summed E-state index contributed by atoms with van der Waals surface area (Å²) in [6.07, 6.45) is 2.21. The highest BCUT2D eigenvalue weighted by molar-refractivity contribution is 6.23. The van der Waals surface area contributed by atoms with E-state index in [0.29, 0.717) is 0 Å². The van der Waals surface area contributed by atoms with E-state index in [-0.39, 0.29) is 16.9 Å². The van der Waals surface area contributed by atoms with Crippen LogP contribution in [0.1, 0.15) is 20.7 Å². The molecule has 1 aliphatic rings. The van der Waals surface area contributed by atoms with E-state index in [1.165, 1.54) is 12.1 Å². The summed E-state index contributed by atoms with van der Waals surface area (Å²) in [4.78, 5) is 22.6. The molecule has 4 heteroatoms. The number of hydrogen-bond donors (Lipinski definition) is 2. The van der Waals surface area contributed by atoms with Gasteiger partial charge >= 0.3 is 0 Å². The summed E-state index contributed by atoms with van der Waals surface area (Å²) >= 11 is 0. The lowest BCUT2D eigenvalue weighted by molar-refractivity contribution is 0.0991. The van der Waals surface area contributed by atoms with Crippen LogP contribution in [0.3, 0.4) is 0 Å². The molecule has 0 unspecified atom stereocenters. The van der Waals surface area contributed by atoms with Gasteiger partial charge in [0.25, 0.3) is 0 Å². The average Bonchev–Trinajstić information content (AvgIpc) is 2.16. The summed E-state index contributed by atoms with van der Waals surface area (Å²) in [5.74, 6) is -1.77. The molecule has 0 saturated carbocycles. The van der Waals surface area contributed by atoms with Gasteiger partial charge in [-0.3, -0.25) is 9.59 Å². The Bertz CT molecular complexity index is 471. The first-order valence-corrected chi connectivity index (χ1v) is 3.93. The van der Waals surface area contributed by atoms with Crippen molar-refractivity contribution in [2.24, 2.45) is 0 Å². The van der Waals surface area contributed by atoms with Crippen molar-refractivity contribution in [2.75, 3.05) is 0 Å². The fraction of sp³-hybridized carbons (Fsp3) is 0. The van der Waals surface area contributed by atoms with E-state index in [2.05, 4.69) is 0 Å². The highest BCUT2D eigenvalue weighted by Gasteiger charge is 2.24. The fourth-order valence-corrected chi connectivity index (χ4v) is 1.36. The lowest BCUT2D eigenvalue weighted by Crippen LogP contribution is -2.11. The number of fused-ring (bicyclic) bond motifs is 1. The standard InChI is InChI=1S/C10H6O4/c11-6-3-4-7(12)9-5(6)1-2-8(13)10(9)14/h1-4,13-14H. The molecule has 70 valence electrons. The van der Waals surface area contributed by atoms with Gasteiger partial charge in [0.1, 0.15) is 0 Å². The Hall–Kier alpha value is -2.10. The molecule has 0 saturated heterocycles. The van der Waals surface area contributed by atoms with Crippen LogP contribution in [0.5, 0.6) is 11.5 Å². The number of rotatable bonds is 0. The van der Waals surface area contributed by atoms with Gasteiger partial charge in [-0.1, -0.05) is 0 Å². The molecule has 0 spiro atoms. The first kappa shape index (κ1) is 8.50. The quantitative estimate of drug-likeness (QED) is 0.599. The van der Waals surface area contributed by atoms with Crippen molar-refractivity contribution in [3.05, 3.63) is 35.4 Å². The highest BCUT2D eigenvalue weighted by atomic mass is 16.3. The SMILES string of the molecule is O=C1C=CC(=O)c2c1ccc(O)c2O. The van der Waals surface area contributed by atoms with E-state index in [4.69, 9.17) is 5.11 Å². The zero-order chi connectivity index (χ0) is 10.3. The number of carbonyl (C=O) groups is 2. The molecule has 1 aromatic carbocycles. The predicted molar refractivity (Wildman–Crippen MR) is 47.6 cm³/mol. The van der Waals surface area contributed by atoms with Gasteiger partial charge in [0.2, 0.25) is 0 Å². The van der Waals surface area contributed by atoms with Crippen molar-refractivity contribution < 1.29 is 19.8 Å². The molecule has 0 aliphatic heterocycles. The molecule has 14 heavy (non-hydrogen) atoms. The van der Waals surface area contributed by atoms with Crippen molar-refractivity contribution in [3.8, 4) is 11.5 Å². The third-order valence-electron chi connectivity index (χ3n) is 2.05. The van der Waals surface area contributed by atoms with Crippen LogP contribution in [0.2, 0.25) is 0 Å². The zero-order valence-corrected chi connectivity index (χ0v) is 7.02. The Morgan fingerprint density at radius 3 is 2.29 bits per heavy atom. The molecule has 0 amide bonds. The number of phenolic OH excluding ortho intramolecular Hbond substituents is 2. The van der Waals surface area contributed by atoms with Gasteiger partial charge in [0.15, 0.2) is 23.1 Å². The zero-order valence-electron chi connectivity index (χ0n) is 7.02. The highest BCUT2D eigenvalue weighted by Crippen LogP contribution is 2.33. The Morgan fingerprint density at radius 1 is 0.929 bits per heavy atom. The molecule has 0 bridgehead atoms. The van der Waals surface area contributed by atoms with Crippen LogP contribution in [0.15, 0.2) is 24.3 Å². The maximum atomic E-state index is 11.3. The molecule has 1 aliphatic carbocycles. The summed E-state index contributed by atoms with van der Waals surface area (Å²) < 4.78 is 0. The molecule has 2 N–H and O–H groups in total. The van der Waals surface area contributed by atoms with Crippen molar-refractivity contribution in [1.29, 1.82) is 0 Å². The Kier molecular flexibility index (Phi) is 1.64. The van der Waals surface area contributed by atoms with E-state index in [9.17, 15) is 14.7 Å². The van der Waals surface area contributed by atoms with Crippen LogP contribution in [0.4, 0.5) is 0 Å². The minimum Gasteiger partial charge on any atom is -0.504 e. The molecule has 0 fully saturated rings. The number of benzene rings is 1. The number of aromatic hydroxyl groups is 2. The number of ketones is 2. The van der Waals surface area contributed by atoms with Crippen LogP contribution >= 0.6 is 0 Å². The Labute approximate surface area is 79.1 Å². The summed E-state index contributed by atoms with van der Waals surface area (Å²) in [7, 11) is 0. The number of phenols is 2. The molecular formula is C10H6O4. The molecular weight excluding hydrogens is 184 g/mol. The molecule has 0 radical (unpaired) electrons. The molecule has 0 heterocycles. The first-order chi connectivity index (χ1) is 6.61. The van der Waals surface area contributed by atoms with E-state index < -0.39 is 17.3 Å². The molecule has 0 aromatic heterocycles. The monoisotopic (exact) mass is 190 g/mol. The van der Waals surface area contributed by atoms with Crippen LogP contribution < -0.4 is 0 Å². The lowest BCUT2D eigenvalue weighted by atomic mass is 9.94. The predicted octanol–water partition coefficient (Wildman–Crippen LogP) is 1.03. The Morgan fingerprint density at radius 2 is 1.57 bits per heavy atom. The normalized spacial score (nSPS) is 14.3. The molecule has 0 atom stereocenters. The van der Waals surface area contributed by atoms with Gasteiger partial charge < -0.3 is 10.2 Å². The summed E-state index contributed by atoms with van der Waals surface area (Å²) in [5.41, 5.74) is -0.00898. The van der Waals surface area contributed by atoms with Gasteiger partial charge in [-0.05, 0) is 24.3 Å². The van der Waals surface area contributed by atoms with Crippen molar-refractivity contribution >= 4 is 11.6 Å².